The van der Waals surface area contributed by atoms with Crippen molar-refractivity contribution < 1.29 is 28.7 Å². The molecule has 0 aromatic rings. The highest BCUT2D eigenvalue weighted by molar-refractivity contribution is 7.46. The zero-order chi connectivity index (χ0) is 23.6. The molecule has 7 heteroatoms. The second kappa shape index (κ2) is 13.5. The van der Waals surface area contributed by atoms with Crippen LogP contribution in [0.15, 0.2) is 0 Å². The average Bonchev–Trinajstić information content (AvgIpc) is 2.69. The molecular formula is C23H49O6P. The van der Waals surface area contributed by atoms with Gasteiger partial charge in [0.1, 0.15) is 0 Å². The first-order chi connectivity index (χ1) is 14.0. The summed E-state index contributed by atoms with van der Waals surface area (Å²) in [5.41, 5.74) is -0.643. The smallest absolute Gasteiger partial charge is 0.396 e. The number of aliphatic hydroxyl groups excluding tert-OH is 1. The van der Waals surface area contributed by atoms with Crippen molar-refractivity contribution >= 4 is 7.82 Å². The molecule has 0 rings (SSSR count). The van der Waals surface area contributed by atoms with Crippen molar-refractivity contribution in [3.05, 3.63) is 0 Å². The van der Waals surface area contributed by atoms with Gasteiger partial charge >= 0.3 is 7.82 Å². The third-order valence-corrected chi connectivity index (χ3v) is 8.30. The van der Waals surface area contributed by atoms with Gasteiger partial charge in [-0.1, -0.05) is 61.3 Å². The standard InChI is InChI=1S/C23H49O6P/c1-9-15-20(22(11-3,12-4)18(7)17-24)28-21(16-10-2)23(13-5,14-6)19(8)29-30(25,26)27/h18-21,24H,9-17H2,1-8H3,(H2,25,26,27). The first kappa shape index (κ1) is 30.0. The van der Waals surface area contributed by atoms with Gasteiger partial charge < -0.3 is 19.6 Å². The maximum Gasteiger partial charge on any atom is 0.469 e. The van der Waals surface area contributed by atoms with Crippen LogP contribution in [0.3, 0.4) is 0 Å². The number of rotatable bonds is 17. The van der Waals surface area contributed by atoms with Gasteiger partial charge in [0.05, 0.1) is 18.3 Å². The fraction of sp³-hybridized carbons (Fsp3) is 1.00. The van der Waals surface area contributed by atoms with Crippen LogP contribution in [0.1, 0.15) is 107 Å². The van der Waals surface area contributed by atoms with Crippen molar-refractivity contribution in [3.8, 4) is 0 Å². The molecule has 30 heavy (non-hydrogen) atoms. The van der Waals surface area contributed by atoms with Gasteiger partial charge in [0.2, 0.25) is 0 Å². The molecule has 0 radical (unpaired) electrons. The number of hydrogen-bond acceptors (Lipinski definition) is 4. The predicted octanol–water partition coefficient (Wildman–Crippen LogP) is 6.08. The van der Waals surface area contributed by atoms with Crippen LogP contribution in [-0.4, -0.2) is 39.8 Å². The molecule has 0 aromatic heterocycles. The van der Waals surface area contributed by atoms with Crippen molar-refractivity contribution in [2.45, 2.75) is 125 Å². The Morgan fingerprint density at radius 2 is 1.20 bits per heavy atom. The van der Waals surface area contributed by atoms with E-state index >= 15 is 0 Å². The summed E-state index contributed by atoms with van der Waals surface area (Å²) in [7, 11) is -4.60. The highest BCUT2D eigenvalue weighted by Crippen LogP contribution is 2.50. The van der Waals surface area contributed by atoms with E-state index in [1.54, 1.807) is 6.92 Å². The normalized spacial score (nSPS) is 17.6. The van der Waals surface area contributed by atoms with E-state index in [4.69, 9.17) is 9.26 Å². The highest BCUT2D eigenvalue weighted by Gasteiger charge is 2.48. The summed E-state index contributed by atoms with van der Waals surface area (Å²) < 4.78 is 23.8. The second-order valence-electron chi connectivity index (χ2n) is 8.89. The number of ether oxygens (including phenoxy) is 1. The fourth-order valence-corrected chi connectivity index (χ4v) is 6.08. The minimum Gasteiger partial charge on any atom is -0.396 e. The van der Waals surface area contributed by atoms with Gasteiger partial charge in [0.15, 0.2) is 0 Å². The van der Waals surface area contributed by atoms with Gasteiger partial charge in [-0.05, 0) is 51.4 Å². The summed E-state index contributed by atoms with van der Waals surface area (Å²) in [5.74, 6) is 0.104. The molecule has 0 aliphatic rings. The summed E-state index contributed by atoms with van der Waals surface area (Å²) in [6.45, 7) is 16.7. The SMILES string of the molecule is CCCC(OC(CCC)C(CC)(CC)C(C)OP(=O)(O)O)C(CC)(CC)C(C)CO. The van der Waals surface area contributed by atoms with Crippen LogP contribution >= 0.6 is 7.82 Å². The minimum atomic E-state index is -4.60. The molecular weight excluding hydrogens is 403 g/mol. The highest BCUT2D eigenvalue weighted by atomic mass is 31.2. The summed E-state index contributed by atoms with van der Waals surface area (Å²) in [6, 6.07) is 0. The van der Waals surface area contributed by atoms with Crippen molar-refractivity contribution in [1.29, 1.82) is 0 Å². The summed E-state index contributed by atoms with van der Waals surface area (Å²) in [4.78, 5) is 18.9. The summed E-state index contributed by atoms with van der Waals surface area (Å²) in [6.07, 6.45) is 5.96. The minimum absolute atomic E-state index is 0.0315. The van der Waals surface area contributed by atoms with Crippen LogP contribution in [0.2, 0.25) is 0 Å². The van der Waals surface area contributed by atoms with Crippen molar-refractivity contribution in [3.63, 3.8) is 0 Å². The third-order valence-electron chi connectivity index (χ3n) is 7.71. The molecule has 3 N–H and O–H groups in total. The third kappa shape index (κ3) is 7.28. The first-order valence-electron chi connectivity index (χ1n) is 12.0. The van der Waals surface area contributed by atoms with Crippen molar-refractivity contribution in [2.75, 3.05) is 6.61 Å². The lowest BCUT2D eigenvalue weighted by Gasteiger charge is -2.50. The van der Waals surface area contributed by atoms with E-state index in [-0.39, 0.29) is 30.1 Å². The van der Waals surface area contributed by atoms with E-state index in [9.17, 15) is 19.5 Å². The molecule has 0 bridgehead atoms. The number of phosphoric ester groups is 1. The van der Waals surface area contributed by atoms with Crippen LogP contribution in [0.25, 0.3) is 0 Å². The largest absolute Gasteiger partial charge is 0.469 e. The molecule has 0 saturated carbocycles. The van der Waals surface area contributed by atoms with Crippen molar-refractivity contribution in [2.24, 2.45) is 16.7 Å². The Kier molecular flexibility index (Phi) is 13.6. The molecule has 0 fully saturated rings. The average molecular weight is 453 g/mol. The molecule has 4 atom stereocenters. The van der Waals surface area contributed by atoms with Crippen LogP contribution in [0.4, 0.5) is 0 Å². The van der Waals surface area contributed by atoms with Gasteiger partial charge in [-0.15, -0.1) is 0 Å². The van der Waals surface area contributed by atoms with Gasteiger partial charge in [0.25, 0.3) is 0 Å². The molecule has 0 aromatic carbocycles. The topological polar surface area (TPSA) is 96.2 Å². The maximum atomic E-state index is 11.6. The first-order valence-corrected chi connectivity index (χ1v) is 13.5. The molecule has 0 heterocycles. The van der Waals surface area contributed by atoms with Gasteiger partial charge in [-0.25, -0.2) is 4.57 Å². The number of hydrogen-bond donors (Lipinski definition) is 3. The van der Waals surface area contributed by atoms with E-state index in [0.29, 0.717) is 12.8 Å². The Morgan fingerprint density at radius 1 is 0.800 bits per heavy atom. The van der Waals surface area contributed by atoms with E-state index in [2.05, 4.69) is 34.6 Å². The molecule has 6 nitrogen and oxygen atoms in total. The van der Waals surface area contributed by atoms with Crippen molar-refractivity contribution in [1.82, 2.24) is 0 Å². The Bertz CT molecular complexity index is 498. The zero-order valence-corrected chi connectivity index (χ0v) is 21.6. The molecule has 4 unspecified atom stereocenters. The fourth-order valence-electron chi connectivity index (χ4n) is 5.46. The maximum absolute atomic E-state index is 11.6. The molecule has 182 valence electrons. The molecule has 0 amide bonds. The second-order valence-corrected chi connectivity index (χ2v) is 10.1. The lowest BCUT2D eigenvalue weighted by Crippen LogP contribution is -2.51. The molecule has 0 spiro atoms. The van der Waals surface area contributed by atoms with E-state index < -0.39 is 19.3 Å². The molecule has 0 aliphatic heterocycles. The van der Waals surface area contributed by atoms with E-state index in [1.165, 1.54) is 0 Å². The van der Waals surface area contributed by atoms with Gasteiger partial charge in [0, 0.05) is 17.4 Å². The number of aliphatic hydroxyl groups is 1. The van der Waals surface area contributed by atoms with Crippen LogP contribution in [-0.2, 0) is 13.8 Å². The van der Waals surface area contributed by atoms with Crippen LogP contribution in [0, 0.1) is 16.7 Å². The Hall–Kier alpha value is 0.0300. The van der Waals surface area contributed by atoms with Crippen LogP contribution in [0.5, 0.6) is 0 Å². The summed E-state index contributed by atoms with van der Waals surface area (Å²) >= 11 is 0. The quantitative estimate of drug-likeness (QED) is 0.231. The Morgan fingerprint density at radius 3 is 1.50 bits per heavy atom. The van der Waals surface area contributed by atoms with E-state index in [1.807, 2.05) is 13.8 Å². The molecule has 0 aliphatic carbocycles. The van der Waals surface area contributed by atoms with Gasteiger partial charge in [-0.2, -0.15) is 0 Å². The summed E-state index contributed by atoms with van der Waals surface area (Å²) in [5, 5.41) is 9.99. The number of phosphoric acid groups is 1. The van der Waals surface area contributed by atoms with Crippen LogP contribution < -0.4 is 0 Å². The molecule has 0 saturated heterocycles. The lowest BCUT2D eigenvalue weighted by atomic mass is 9.66. The predicted molar refractivity (Wildman–Crippen MR) is 123 cm³/mol. The Labute approximate surface area is 185 Å². The van der Waals surface area contributed by atoms with Gasteiger partial charge in [-0.3, -0.25) is 4.52 Å². The zero-order valence-electron chi connectivity index (χ0n) is 20.7. The van der Waals surface area contributed by atoms with E-state index in [0.717, 1.165) is 38.5 Å². The Balaban J connectivity index is 6.25. The lowest BCUT2D eigenvalue weighted by molar-refractivity contribution is -0.177. The monoisotopic (exact) mass is 452 g/mol.